The quantitative estimate of drug-likeness (QED) is 0.841. The Morgan fingerprint density at radius 2 is 2.17 bits per heavy atom. The fraction of sp³-hybridized carbons (Fsp3) is 0.308. The molecule has 0 radical (unpaired) electrons. The van der Waals surface area contributed by atoms with Crippen molar-refractivity contribution in [2.45, 2.75) is 13.1 Å². The lowest BCUT2D eigenvalue weighted by atomic mass is 10.2. The third-order valence-electron chi connectivity index (χ3n) is 2.59. The molecule has 4 nitrogen and oxygen atoms in total. The second kappa shape index (κ2) is 5.84. The van der Waals surface area contributed by atoms with E-state index in [1.165, 1.54) is 0 Å². The number of ether oxygens (including phenoxy) is 1. The summed E-state index contributed by atoms with van der Waals surface area (Å²) in [5.41, 5.74) is 10.7. The van der Waals surface area contributed by atoms with Gasteiger partial charge in [0, 0.05) is 30.2 Å². The minimum atomic E-state index is 0.728. The highest BCUT2D eigenvalue weighted by Crippen LogP contribution is 2.19. The summed E-state index contributed by atoms with van der Waals surface area (Å²) in [5, 5.41) is 2.07. The number of anilines is 1. The number of nitrogens with two attached hydrogens (primary N) is 1. The highest BCUT2D eigenvalue weighted by Gasteiger charge is 2.05. The van der Waals surface area contributed by atoms with E-state index in [1.807, 2.05) is 23.7 Å². The molecule has 0 aliphatic heterocycles. The Hall–Kier alpha value is -1.59. The number of benzene rings is 1. The van der Waals surface area contributed by atoms with Gasteiger partial charge in [0.1, 0.15) is 5.75 Å². The van der Waals surface area contributed by atoms with Crippen LogP contribution in [0.4, 0.5) is 5.69 Å². The fourth-order valence-electron chi connectivity index (χ4n) is 1.85. The molecule has 0 saturated carbocycles. The minimum Gasteiger partial charge on any atom is -0.497 e. The van der Waals surface area contributed by atoms with Gasteiger partial charge in [-0.2, -0.15) is 0 Å². The summed E-state index contributed by atoms with van der Waals surface area (Å²) >= 11 is 1.62. The zero-order chi connectivity index (χ0) is 13.0. The Labute approximate surface area is 111 Å². The van der Waals surface area contributed by atoms with Gasteiger partial charge in [-0.15, -0.1) is 11.3 Å². The van der Waals surface area contributed by atoms with Gasteiger partial charge in [-0.25, -0.2) is 4.98 Å². The van der Waals surface area contributed by atoms with E-state index in [0.29, 0.717) is 0 Å². The predicted molar refractivity (Wildman–Crippen MR) is 74.7 cm³/mol. The molecule has 0 atom stereocenters. The van der Waals surface area contributed by atoms with E-state index in [0.717, 1.165) is 35.8 Å². The molecule has 0 spiro atoms. The van der Waals surface area contributed by atoms with Crippen LogP contribution in [0.15, 0.2) is 29.1 Å². The molecule has 5 heteroatoms. The normalized spacial score (nSPS) is 10.8. The SMILES string of the molecule is COc1cc(N)cc(CN(C)Cc2cscn2)c1. The van der Waals surface area contributed by atoms with Crippen LogP contribution in [0.5, 0.6) is 5.75 Å². The molecule has 0 fully saturated rings. The molecule has 2 aromatic rings. The first-order valence-electron chi connectivity index (χ1n) is 5.66. The van der Waals surface area contributed by atoms with Crippen molar-refractivity contribution in [3.63, 3.8) is 0 Å². The zero-order valence-electron chi connectivity index (χ0n) is 10.6. The average molecular weight is 263 g/mol. The lowest BCUT2D eigenvalue weighted by Gasteiger charge is -2.16. The molecule has 1 aromatic carbocycles. The molecule has 0 bridgehead atoms. The zero-order valence-corrected chi connectivity index (χ0v) is 11.4. The van der Waals surface area contributed by atoms with Crippen molar-refractivity contribution in [1.29, 1.82) is 0 Å². The third-order valence-corrected chi connectivity index (χ3v) is 3.23. The van der Waals surface area contributed by atoms with E-state index in [-0.39, 0.29) is 0 Å². The number of nitrogen functional groups attached to an aromatic ring is 1. The number of aromatic nitrogens is 1. The minimum absolute atomic E-state index is 0.728. The van der Waals surface area contributed by atoms with Crippen LogP contribution >= 0.6 is 11.3 Å². The van der Waals surface area contributed by atoms with Crippen LogP contribution < -0.4 is 10.5 Å². The molecule has 0 unspecified atom stereocenters. The molecule has 0 aliphatic carbocycles. The summed E-state index contributed by atoms with van der Waals surface area (Å²) in [5.74, 6) is 0.798. The van der Waals surface area contributed by atoms with Gasteiger partial charge < -0.3 is 10.5 Å². The van der Waals surface area contributed by atoms with Crippen molar-refractivity contribution < 1.29 is 4.74 Å². The van der Waals surface area contributed by atoms with E-state index in [9.17, 15) is 0 Å². The van der Waals surface area contributed by atoms with Gasteiger partial charge in [0.15, 0.2) is 0 Å². The second-order valence-corrected chi connectivity index (χ2v) is 4.99. The lowest BCUT2D eigenvalue weighted by Crippen LogP contribution is -2.17. The number of nitrogens with zero attached hydrogens (tertiary/aromatic N) is 2. The van der Waals surface area contributed by atoms with Crippen LogP contribution in [0.2, 0.25) is 0 Å². The van der Waals surface area contributed by atoms with E-state index >= 15 is 0 Å². The van der Waals surface area contributed by atoms with Crippen molar-refractivity contribution in [2.24, 2.45) is 0 Å². The molecule has 96 valence electrons. The van der Waals surface area contributed by atoms with Gasteiger partial charge in [0.2, 0.25) is 0 Å². The number of hydrogen-bond acceptors (Lipinski definition) is 5. The molecular weight excluding hydrogens is 246 g/mol. The molecule has 0 aliphatic rings. The van der Waals surface area contributed by atoms with E-state index in [2.05, 4.69) is 22.3 Å². The third kappa shape index (κ3) is 3.45. The molecule has 1 heterocycles. The number of methoxy groups -OCH3 is 1. The van der Waals surface area contributed by atoms with Crippen molar-refractivity contribution in [1.82, 2.24) is 9.88 Å². The summed E-state index contributed by atoms with van der Waals surface area (Å²) in [7, 11) is 3.71. The van der Waals surface area contributed by atoms with Crippen LogP contribution in [-0.4, -0.2) is 24.0 Å². The average Bonchev–Trinajstić information content (AvgIpc) is 2.80. The first kappa shape index (κ1) is 12.9. The van der Waals surface area contributed by atoms with Gasteiger partial charge in [-0.3, -0.25) is 4.90 Å². The topological polar surface area (TPSA) is 51.4 Å². The van der Waals surface area contributed by atoms with Crippen molar-refractivity contribution in [3.05, 3.63) is 40.3 Å². The highest BCUT2D eigenvalue weighted by atomic mass is 32.1. The van der Waals surface area contributed by atoms with Gasteiger partial charge in [0.25, 0.3) is 0 Å². The smallest absolute Gasteiger partial charge is 0.121 e. The maximum atomic E-state index is 5.84. The standard InChI is InChI=1S/C13H17N3OS/c1-16(7-12-8-18-9-15-12)6-10-3-11(14)5-13(4-10)17-2/h3-5,8-9H,6-7,14H2,1-2H3. The predicted octanol–water partition coefficient (Wildman–Crippen LogP) is 2.37. The largest absolute Gasteiger partial charge is 0.497 e. The van der Waals surface area contributed by atoms with Gasteiger partial charge in [0.05, 0.1) is 18.3 Å². The highest BCUT2D eigenvalue weighted by molar-refractivity contribution is 7.07. The number of thiazole rings is 1. The van der Waals surface area contributed by atoms with Gasteiger partial charge in [-0.05, 0) is 24.7 Å². The van der Waals surface area contributed by atoms with Crippen LogP contribution in [0.25, 0.3) is 0 Å². The van der Waals surface area contributed by atoms with Gasteiger partial charge in [-0.1, -0.05) is 0 Å². The fourth-order valence-corrected chi connectivity index (χ4v) is 2.40. The van der Waals surface area contributed by atoms with E-state index in [4.69, 9.17) is 10.5 Å². The molecular formula is C13H17N3OS. The molecule has 0 saturated heterocycles. The van der Waals surface area contributed by atoms with Gasteiger partial charge >= 0.3 is 0 Å². The van der Waals surface area contributed by atoms with Crippen LogP contribution in [0.1, 0.15) is 11.3 Å². The summed E-state index contributed by atoms with van der Waals surface area (Å²) < 4.78 is 5.21. The number of hydrogen-bond donors (Lipinski definition) is 1. The summed E-state index contributed by atoms with van der Waals surface area (Å²) in [6.45, 7) is 1.65. The van der Waals surface area contributed by atoms with E-state index < -0.39 is 0 Å². The van der Waals surface area contributed by atoms with Crippen molar-refractivity contribution in [2.75, 3.05) is 19.9 Å². The molecule has 1 aromatic heterocycles. The Morgan fingerprint density at radius 1 is 1.33 bits per heavy atom. The van der Waals surface area contributed by atoms with Crippen molar-refractivity contribution >= 4 is 17.0 Å². The number of rotatable bonds is 5. The molecule has 0 amide bonds. The summed E-state index contributed by atoms with van der Waals surface area (Å²) in [6, 6.07) is 5.80. The Bertz CT molecular complexity index is 499. The molecule has 2 rings (SSSR count). The van der Waals surface area contributed by atoms with Crippen molar-refractivity contribution in [3.8, 4) is 5.75 Å². The van der Waals surface area contributed by atoms with E-state index in [1.54, 1.807) is 18.4 Å². The maximum absolute atomic E-state index is 5.84. The monoisotopic (exact) mass is 263 g/mol. The molecule has 2 N–H and O–H groups in total. The Balaban J connectivity index is 2.02. The lowest BCUT2D eigenvalue weighted by molar-refractivity contribution is 0.315. The second-order valence-electron chi connectivity index (χ2n) is 4.27. The maximum Gasteiger partial charge on any atom is 0.121 e. The first-order chi connectivity index (χ1) is 8.67. The summed E-state index contributed by atoms with van der Waals surface area (Å²) in [4.78, 5) is 6.47. The van der Waals surface area contributed by atoms with Crippen LogP contribution in [0.3, 0.4) is 0 Å². The molecule has 18 heavy (non-hydrogen) atoms. The summed E-state index contributed by atoms with van der Waals surface area (Å²) in [6.07, 6.45) is 0. The van der Waals surface area contributed by atoms with Crippen LogP contribution in [-0.2, 0) is 13.1 Å². The van der Waals surface area contributed by atoms with Crippen LogP contribution in [0, 0.1) is 0 Å². The Kier molecular flexibility index (Phi) is 4.17. The first-order valence-corrected chi connectivity index (χ1v) is 6.60. The Morgan fingerprint density at radius 3 is 2.83 bits per heavy atom.